The smallest absolute Gasteiger partial charge is 0.167 e. The predicted octanol–water partition coefficient (Wildman–Crippen LogP) is 11.5. The number of rotatable bonds is 4. The molecule has 0 bridgehead atoms. The Morgan fingerprint density at radius 1 is 0.429 bits per heavy atom. The Bertz CT molecular complexity index is 2730. The minimum atomic E-state index is 0.619. The molecule has 2 aromatic heterocycles. The summed E-state index contributed by atoms with van der Waals surface area (Å²) in [4.78, 5) is 15.3. The maximum atomic E-state index is 7.03. The van der Waals surface area contributed by atoms with Crippen molar-refractivity contribution in [1.82, 2.24) is 15.0 Å². The van der Waals surface area contributed by atoms with E-state index in [9.17, 15) is 0 Å². The average Bonchev–Trinajstić information content (AvgIpc) is 3.58. The fraction of sp³-hybridized carbons (Fsp3) is 0.0444. The first kappa shape index (κ1) is 27.7. The van der Waals surface area contributed by atoms with E-state index in [1.54, 1.807) is 0 Å². The van der Waals surface area contributed by atoms with E-state index in [2.05, 4.69) is 115 Å². The van der Waals surface area contributed by atoms with Crippen molar-refractivity contribution >= 4 is 48.9 Å². The Balaban J connectivity index is 1.20. The molecule has 10 rings (SSSR count). The van der Waals surface area contributed by atoms with Crippen molar-refractivity contribution in [2.75, 3.05) is 0 Å². The van der Waals surface area contributed by atoms with Crippen LogP contribution in [0, 0.1) is 0 Å². The number of hydrogen-bond donors (Lipinski definition) is 0. The third kappa shape index (κ3) is 4.49. The molecule has 1 aliphatic rings. The van der Waals surface area contributed by atoms with Crippen LogP contribution >= 0.6 is 0 Å². The lowest BCUT2D eigenvalue weighted by atomic mass is 9.91. The van der Waals surface area contributed by atoms with Gasteiger partial charge in [0.05, 0.1) is 5.57 Å². The first-order chi connectivity index (χ1) is 24.3. The van der Waals surface area contributed by atoms with Crippen molar-refractivity contribution in [3.05, 3.63) is 169 Å². The van der Waals surface area contributed by atoms with Gasteiger partial charge >= 0.3 is 0 Å². The van der Waals surface area contributed by atoms with Gasteiger partial charge in [0.2, 0.25) is 0 Å². The lowest BCUT2D eigenvalue weighted by Gasteiger charge is -2.14. The van der Waals surface area contributed by atoms with Crippen LogP contribution in [-0.4, -0.2) is 15.0 Å². The van der Waals surface area contributed by atoms with Crippen LogP contribution in [-0.2, 0) is 6.42 Å². The van der Waals surface area contributed by atoms with Gasteiger partial charge in [-0.15, -0.1) is 0 Å². The number of furan rings is 1. The summed E-state index contributed by atoms with van der Waals surface area (Å²) in [5.41, 5.74) is 7.19. The van der Waals surface area contributed by atoms with Gasteiger partial charge in [0.1, 0.15) is 11.3 Å². The van der Waals surface area contributed by atoms with Crippen molar-refractivity contribution in [2.45, 2.75) is 12.8 Å². The SMILES string of the molecule is C1=C(c2nc(-c3ccccc3)nc(-c3cccc(-c4ccccc4)c3)n2)c2oc3c(ccc4c5ccccc5c5ccccc5c43)c2CC1. The van der Waals surface area contributed by atoms with Crippen LogP contribution in [0.1, 0.15) is 23.6 Å². The van der Waals surface area contributed by atoms with Gasteiger partial charge in [0.15, 0.2) is 17.5 Å². The first-order valence-electron chi connectivity index (χ1n) is 16.8. The maximum Gasteiger partial charge on any atom is 0.167 e. The molecule has 0 radical (unpaired) electrons. The molecule has 49 heavy (non-hydrogen) atoms. The average molecular weight is 628 g/mol. The number of nitrogens with zero attached hydrogens (tertiary/aromatic N) is 3. The molecule has 4 nitrogen and oxygen atoms in total. The Labute approximate surface area is 283 Å². The van der Waals surface area contributed by atoms with Crippen molar-refractivity contribution in [3.63, 3.8) is 0 Å². The highest BCUT2D eigenvalue weighted by Crippen LogP contribution is 2.44. The van der Waals surface area contributed by atoms with E-state index in [1.165, 1.54) is 32.5 Å². The fourth-order valence-corrected chi connectivity index (χ4v) is 7.52. The van der Waals surface area contributed by atoms with Gasteiger partial charge in [-0.3, -0.25) is 0 Å². The number of hydrogen-bond acceptors (Lipinski definition) is 4. The molecule has 0 N–H and O–H groups in total. The summed E-state index contributed by atoms with van der Waals surface area (Å²) in [6.45, 7) is 0. The van der Waals surface area contributed by atoms with Crippen LogP contribution in [0.5, 0.6) is 0 Å². The summed E-state index contributed by atoms with van der Waals surface area (Å²) in [6, 6.07) is 50.8. The molecule has 2 heterocycles. The highest BCUT2D eigenvalue weighted by Gasteiger charge is 2.27. The van der Waals surface area contributed by atoms with Gasteiger partial charge in [-0.1, -0.05) is 146 Å². The predicted molar refractivity (Wildman–Crippen MR) is 200 cm³/mol. The van der Waals surface area contributed by atoms with Crippen LogP contribution in [0.4, 0.5) is 0 Å². The maximum absolute atomic E-state index is 7.03. The van der Waals surface area contributed by atoms with Crippen molar-refractivity contribution in [2.24, 2.45) is 0 Å². The lowest BCUT2D eigenvalue weighted by molar-refractivity contribution is 0.593. The Hall–Kier alpha value is -6.39. The molecule has 1 aliphatic carbocycles. The second-order valence-electron chi connectivity index (χ2n) is 12.6. The van der Waals surface area contributed by atoms with Crippen LogP contribution < -0.4 is 0 Å². The van der Waals surface area contributed by atoms with Gasteiger partial charge in [0.25, 0.3) is 0 Å². The summed E-state index contributed by atoms with van der Waals surface area (Å²) in [6.07, 6.45) is 4.00. The normalized spacial score (nSPS) is 12.9. The molecule has 0 atom stereocenters. The molecule has 0 aliphatic heterocycles. The summed E-state index contributed by atoms with van der Waals surface area (Å²) < 4.78 is 7.03. The van der Waals surface area contributed by atoms with Crippen LogP contribution in [0.25, 0.3) is 82.8 Å². The molecule has 0 saturated carbocycles. The topological polar surface area (TPSA) is 51.8 Å². The Kier molecular flexibility index (Phi) is 6.28. The number of fused-ring (bicyclic) bond motifs is 10. The van der Waals surface area contributed by atoms with Crippen molar-refractivity contribution in [3.8, 4) is 33.9 Å². The molecular weight excluding hydrogens is 599 g/mol. The number of aryl methyl sites for hydroxylation is 1. The van der Waals surface area contributed by atoms with E-state index < -0.39 is 0 Å². The van der Waals surface area contributed by atoms with Crippen molar-refractivity contribution < 1.29 is 4.42 Å². The third-order valence-corrected chi connectivity index (χ3v) is 9.79. The molecule has 7 aromatic carbocycles. The zero-order valence-electron chi connectivity index (χ0n) is 26.6. The van der Waals surface area contributed by atoms with Gasteiger partial charge in [-0.05, 0) is 57.0 Å². The molecule has 0 spiro atoms. The summed E-state index contributed by atoms with van der Waals surface area (Å²) >= 11 is 0. The van der Waals surface area contributed by atoms with Crippen LogP contribution in [0.2, 0.25) is 0 Å². The van der Waals surface area contributed by atoms with Gasteiger partial charge in [-0.2, -0.15) is 0 Å². The van der Waals surface area contributed by atoms with E-state index in [0.717, 1.165) is 62.8 Å². The monoisotopic (exact) mass is 627 g/mol. The summed E-state index contributed by atoms with van der Waals surface area (Å²) in [7, 11) is 0. The molecule has 0 amide bonds. The molecule has 0 unspecified atom stereocenters. The Morgan fingerprint density at radius 2 is 0.959 bits per heavy atom. The standard InChI is InChI=1S/C45H29N3O/c1-3-13-28(14-4-1)30-17-11-18-31(27-30)44-46-43(29-15-5-2-6-16-29)47-45(48-44)39-24-12-23-37-38-26-25-36-34-21-8-7-19-32(34)33-20-9-10-22-35(33)40(36)42(38)49-41(37)39/h1-11,13-22,24-27H,12,23H2. The number of allylic oxidation sites excluding steroid dienone is 1. The molecule has 0 fully saturated rings. The van der Waals surface area contributed by atoms with Gasteiger partial charge in [-0.25, -0.2) is 15.0 Å². The van der Waals surface area contributed by atoms with E-state index in [-0.39, 0.29) is 0 Å². The molecule has 4 heteroatoms. The zero-order valence-corrected chi connectivity index (χ0v) is 26.6. The Morgan fingerprint density at radius 3 is 1.69 bits per heavy atom. The van der Waals surface area contributed by atoms with Crippen LogP contribution in [0.15, 0.2) is 156 Å². The molecular formula is C45H29N3O. The van der Waals surface area contributed by atoms with Gasteiger partial charge in [0, 0.05) is 27.5 Å². The van der Waals surface area contributed by atoms with E-state index in [1.807, 2.05) is 36.4 Å². The fourth-order valence-electron chi connectivity index (χ4n) is 7.52. The van der Waals surface area contributed by atoms with Gasteiger partial charge < -0.3 is 4.42 Å². The third-order valence-electron chi connectivity index (χ3n) is 9.79. The molecule has 0 saturated heterocycles. The lowest BCUT2D eigenvalue weighted by Crippen LogP contribution is -2.06. The van der Waals surface area contributed by atoms with Crippen LogP contribution in [0.3, 0.4) is 0 Å². The summed E-state index contributed by atoms with van der Waals surface area (Å²) in [5, 5.41) is 8.42. The van der Waals surface area contributed by atoms with E-state index >= 15 is 0 Å². The number of aromatic nitrogens is 3. The second kappa shape index (κ2) is 11.1. The minimum Gasteiger partial charge on any atom is -0.455 e. The highest BCUT2D eigenvalue weighted by molar-refractivity contribution is 6.30. The highest BCUT2D eigenvalue weighted by atomic mass is 16.3. The second-order valence-corrected chi connectivity index (χ2v) is 12.6. The molecule has 9 aromatic rings. The first-order valence-corrected chi connectivity index (χ1v) is 16.8. The van der Waals surface area contributed by atoms with E-state index in [4.69, 9.17) is 19.4 Å². The van der Waals surface area contributed by atoms with Crippen molar-refractivity contribution in [1.29, 1.82) is 0 Å². The minimum absolute atomic E-state index is 0.619. The quantitative estimate of drug-likeness (QED) is 0.182. The zero-order chi connectivity index (χ0) is 32.3. The molecule has 230 valence electrons. The summed E-state index contributed by atoms with van der Waals surface area (Å²) in [5.74, 6) is 2.74. The number of benzene rings is 7. The van der Waals surface area contributed by atoms with E-state index in [0.29, 0.717) is 17.5 Å². The largest absolute Gasteiger partial charge is 0.455 e.